The number of hydrogen-bond acceptors (Lipinski definition) is 4. The molecule has 264 valence electrons. The van der Waals surface area contributed by atoms with Crippen LogP contribution < -0.4 is 0 Å². The van der Waals surface area contributed by atoms with Gasteiger partial charge < -0.3 is 0 Å². The van der Waals surface area contributed by atoms with E-state index in [1.54, 1.807) is 0 Å². The van der Waals surface area contributed by atoms with E-state index in [-0.39, 0.29) is 5.41 Å². The minimum absolute atomic E-state index is 0.159. The number of pyridine rings is 1. The average molecular weight is 717 g/mol. The molecule has 0 radical (unpaired) electrons. The fourth-order valence-electron chi connectivity index (χ4n) is 9.47. The van der Waals surface area contributed by atoms with Crippen molar-refractivity contribution in [2.24, 2.45) is 0 Å². The summed E-state index contributed by atoms with van der Waals surface area (Å²) < 4.78 is 0. The zero-order valence-electron chi connectivity index (χ0n) is 31.1. The summed E-state index contributed by atoms with van der Waals surface area (Å²) in [5, 5.41) is 1.04. The van der Waals surface area contributed by atoms with Gasteiger partial charge in [0.05, 0.1) is 10.9 Å². The molecule has 2 aliphatic carbocycles. The SMILES string of the molecule is CC1(C)c2ccccc2-c2ccc(-c3nc(-c4ccc5c(c4)C(c4ccccc4)(c4ccccc4)c4ccccc4-5)nc(-c4cccc5cccnc45)n3)cc21. The second-order valence-corrected chi connectivity index (χ2v) is 15.4. The highest BCUT2D eigenvalue weighted by Crippen LogP contribution is 2.57. The van der Waals surface area contributed by atoms with Crippen molar-refractivity contribution in [1.82, 2.24) is 19.9 Å². The molecule has 0 fully saturated rings. The maximum atomic E-state index is 5.33. The zero-order valence-corrected chi connectivity index (χ0v) is 31.1. The lowest BCUT2D eigenvalue weighted by molar-refractivity contribution is 0.660. The summed E-state index contributed by atoms with van der Waals surface area (Å²) in [4.78, 5) is 20.7. The lowest BCUT2D eigenvalue weighted by Gasteiger charge is -2.34. The van der Waals surface area contributed by atoms with Crippen molar-refractivity contribution >= 4 is 10.9 Å². The van der Waals surface area contributed by atoms with Crippen LogP contribution >= 0.6 is 0 Å². The van der Waals surface area contributed by atoms with E-state index in [0.29, 0.717) is 17.5 Å². The summed E-state index contributed by atoms with van der Waals surface area (Å²) in [7, 11) is 0. The van der Waals surface area contributed by atoms with Crippen molar-refractivity contribution in [3.8, 4) is 56.4 Å². The summed E-state index contributed by atoms with van der Waals surface area (Å²) >= 11 is 0. The third-order valence-electron chi connectivity index (χ3n) is 12.1. The van der Waals surface area contributed by atoms with Crippen LogP contribution in [0.4, 0.5) is 0 Å². The summed E-state index contributed by atoms with van der Waals surface area (Å²) in [6.45, 7) is 4.61. The number of hydrogen-bond donors (Lipinski definition) is 0. The number of fused-ring (bicyclic) bond motifs is 7. The van der Waals surface area contributed by atoms with Crippen LogP contribution in [0.2, 0.25) is 0 Å². The second-order valence-electron chi connectivity index (χ2n) is 15.4. The first kappa shape index (κ1) is 32.4. The maximum absolute atomic E-state index is 5.33. The van der Waals surface area contributed by atoms with Gasteiger partial charge in [0.1, 0.15) is 0 Å². The van der Waals surface area contributed by atoms with Gasteiger partial charge in [-0.2, -0.15) is 0 Å². The molecule has 0 saturated carbocycles. The maximum Gasteiger partial charge on any atom is 0.166 e. The molecule has 0 saturated heterocycles. The highest BCUT2D eigenvalue weighted by molar-refractivity contribution is 5.93. The second kappa shape index (κ2) is 12.2. The Hall–Kier alpha value is -7.04. The minimum atomic E-state index is -0.538. The Morgan fingerprint density at radius 3 is 1.55 bits per heavy atom. The normalized spacial score (nSPS) is 14.2. The van der Waals surface area contributed by atoms with Gasteiger partial charge in [-0.1, -0.05) is 166 Å². The van der Waals surface area contributed by atoms with Crippen molar-refractivity contribution in [2.75, 3.05) is 0 Å². The first-order chi connectivity index (χ1) is 27.5. The van der Waals surface area contributed by atoms with Crippen LogP contribution in [0.3, 0.4) is 0 Å². The Kier molecular flexibility index (Phi) is 7.08. The zero-order chi connectivity index (χ0) is 37.4. The molecule has 56 heavy (non-hydrogen) atoms. The van der Waals surface area contributed by atoms with Crippen LogP contribution in [0, 0.1) is 0 Å². The molecule has 2 aliphatic rings. The van der Waals surface area contributed by atoms with Crippen LogP contribution in [0.15, 0.2) is 182 Å². The fraction of sp³-hybridized carbons (Fsp3) is 0.0769. The van der Waals surface area contributed by atoms with Crippen LogP contribution in [-0.4, -0.2) is 19.9 Å². The first-order valence-corrected chi connectivity index (χ1v) is 19.2. The summed E-state index contributed by atoms with van der Waals surface area (Å²) in [6, 6.07) is 63.0. The van der Waals surface area contributed by atoms with E-state index in [9.17, 15) is 0 Å². The number of para-hydroxylation sites is 1. The van der Waals surface area contributed by atoms with Crippen LogP contribution in [-0.2, 0) is 10.8 Å². The predicted octanol–water partition coefficient (Wildman–Crippen LogP) is 12.1. The van der Waals surface area contributed by atoms with Crippen molar-refractivity contribution in [1.29, 1.82) is 0 Å². The van der Waals surface area contributed by atoms with E-state index in [2.05, 4.69) is 184 Å². The highest BCUT2D eigenvalue weighted by atomic mass is 15.0. The molecular formula is C52H36N4. The van der Waals surface area contributed by atoms with Gasteiger partial charge in [-0.3, -0.25) is 4.98 Å². The summed E-state index contributed by atoms with van der Waals surface area (Å²) in [5.41, 5.74) is 15.5. The number of aromatic nitrogens is 4. The van der Waals surface area contributed by atoms with Crippen molar-refractivity contribution in [3.05, 3.63) is 216 Å². The van der Waals surface area contributed by atoms with E-state index < -0.39 is 5.41 Å². The molecule has 0 amide bonds. The fourth-order valence-corrected chi connectivity index (χ4v) is 9.47. The van der Waals surface area contributed by atoms with Crippen molar-refractivity contribution in [2.45, 2.75) is 24.7 Å². The Bertz CT molecular complexity index is 2960. The van der Waals surface area contributed by atoms with Crippen molar-refractivity contribution in [3.63, 3.8) is 0 Å². The Morgan fingerprint density at radius 2 is 0.875 bits per heavy atom. The lowest BCUT2D eigenvalue weighted by atomic mass is 9.67. The highest BCUT2D eigenvalue weighted by Gasteiger charge is 2.46. The molecule has 7 aromatic carbocycles. The molecule has 4 heteroatoms. The van der Waals surface area contributed by atoms with Crippen LogP contribution in [0.25, 0.3) is 67.3 Å². The monoisotopic (exact) mass is 716 g/mol. The predicted molar refractivity (Wildman–Crippen MR) is 226 cm³/mol. The van der Waals surface area contributed by atoms with E-state index in [4.69, 9.17) is 19.9 Å². The number of nitrogens with zero attached hydrogens (tertiary/aromatic N) is 4. The molecule has 2 aromatic heterocycles. The van der Waals surface area contributed by atoms with Gasteiger partial charge in [0.2, 0.25) is 0 Å². The molecule has 0 atom stereocenters. The van der Waals surface area contributed by atoms with E-state index >= 15 is 0 Å². The standard InChI is InChI=1S/C52H36N4/c1-51(2)43-24-11-9-21-38(43)40-28-26-34(31-45(40)51)48-54-49(56-50(55-48)42-23-13-15-33-16-14-30-53-47(33)42)35-27-29-41-39-22-10-12-25-44(39)52(46(41)32-35,36-17-5-3-6-18-36)37-19-7-4-8-20-37/h3-32H,1-2H3. The molecule has 2 heterocycles. The van der Waals surface area contributed by atoms with Gasteiger partial charge in [0.15, 0.2) is 17.5 Å². The van der Waals surface area contributed by atoms with E-state index in [1.807, 2.05) is 12.3 Å². The van der Waals surface area contributed by atoms with Gasteiger partial charge in [0, 0.05) is 33.7 Å². The molecule has 4 nitrogen and oxygen atoms in total. The molecule has 0 aliphatic heterocycles. The molecule has 0 unspecified atom stereocenters. The molecule has 9 aromatic rings. The van der Waals surface area contributed by atoms with E-state index in [1.165, 1.54) is 55.6 Å². The van der Waals surface area contributed by atoms with Gasteiger partial charge >= 0.3 is 0 Å². The molecule has 11 rings (SSSR count). The quantitative estimate of drug-likeness (QED) is 0.178. The molecule has 0 N–H and O–H groups in total. The van der Waals surface area contributed by atoms with Crippen molar-refractivity contribution < 1.29 is 0 Å². The average Bonchev–Trinajstić information content (AvgIpc) is 3.69. The van der Waals surface area contributed by atoms with Crippen LogP contribution in [0.1, 0.15) is 47.2 Å². The Labute approximate surface area is 326 Å². The summed E-state index contributed by atoms with van der Waals surface area (Å²) in [5.74, 6) is 1.85. The molecular weight excluding hydrogens is 681 g/mol. The Balaban J connectivity index is 1.16. The Morgan fingerprint density at radius 1 is 0.375 bits per heavy atom. The molecule has 0 spiro atoms. The topological polar surface area (TPSA) is 51.6 Å². The third-order valence-corrected chi connectivity index (χ3v) is 12.1. The van der Waals surface area contributed by atoms with Gasteiger partial charge in [-0.25, -0.2) is 15.0 Å². The third kappa shape index (κ3) is 4.66. The first-order valence-electron chi connectivity index (χ1n) is 19.2. The minimum Gasteiger partial charge on any atom is -0.255 e. The lowest BCUT2D eigenvalue weighted by Crippen LogP contribution is -2.28. The van der Waals surface area contributed by atoms with Gasteiger partial charge in [-0.15, -0.1) is 0 Å². The number of benzene rings is 7. The molecule has 0 bridgehead atoms. The van der Waals surface area contributed by atoms with Gasteiger partial charge in [0.25, 0.3) is 0 Å². The summed E-state index contributed by atoms with van der Waals surface area (Å²) in [6.07, 6.45) is 1.83. The van der Waals surface area contributed by atoms with Crippen LogP contribution in [0.5, 0.6) is 0 Å². The smallest absolute Gasteiger partial charge is 0.166 e. The largest absolute Gasteiger partial charge is 0.255 e. The van der Waals surface area contributed by atoms with Gasteiger partial charge in [-0.05, 0) is 79.9 Å². The van der Waals surface area contributed by atoms with E-state index in [0.717, 1.165) is 27.6 Å². The number of rotatable bonds is 5.